The molecule has 1 aliphatic rings. The standard InChI is InChI=1S/C19H26F2N2O4/c1-2-5-27-16-4-3-15(10-16)22-11-18(24)17(23-19(25)26)8-12-6-13(20)9-14(21)7-12/h2,6-7,9,15-18,22-24H,1,3-5,8,10-11H2,(H,25,26)/t15-,16+,17-,18-/m0/s1. The molecular formula is C19H26F2N2O4. The van der Waals surface area contributed by atoms with Gasteiger partial charge >= 0.3 is 6.09 Å². The molecule has 150 valence electrons. The van der Waals surface area contributed by atoms with Crippen LogP contribution in [0.25, 0.3) is 0 Å². The quantitative estimate of drug-likeness (QED) is 0.465. The number of carbonyl (C=O) groups is 1. The summed E-state index contributed by atoms with van der Waals surface area (Å²) in [5.74, 6) is -1.49. The Labute approximate surface area is 157 Å². The molecule has 1 aromatic carbocycles. The third kappa shape index (κ3) is 7.24. The Kier molecular flexibility index (Phi) is 8.15. The summed E-state index contributed by atoms with van der Waals surface area (Å²) in [6.45, 7) is 4.26. The van der Waals surface area contributed by atoms with Crippen LogP contribution in [0, 0.1) is 11.6 Å². The first-order valence-corrected chi connectivity index (χ1v) is 8.95. The summed E-state index contributed by atoms with van der Waals surface area (Å²) in [6, 6.07) is 2.25. The van der Waals surface area contributed by atoms with Gasteiger partial charge in [-0.05, 0) is 43.4 Å². The number of aliphatic hydroxyl groups excluding tert-OH is 1. The van der Waals surface area contributed by atoms with Crippen LogP contribution in [0.4, 0.5) is 13.6 Å². The SMILES string of the molecule is C=CCO[C@@H]1CC[C@H](NC[C@H](O)[C@H](Cc2cc(F)cc(F)c2)NC(=O)O)C1. The van der Waals surface area contributed by atoms with E-state index < -0.39 is 29.9 Å². The van der Waals surface area contributed by atoms with Crippen molar-refractivity contribution < 1.29 is 28.5 Å². The van der Waals surface area contributed by atoms with Crippen LogP contribution < -0.4 is 10.6 Å². The second kappa shape index (κ2) is 10.3. The van der Waals surface area contributed by atoms with Gasteiger partial charge in [-0.3, -0.25) is 0 Å². The highest BCUT2D eigenvalue weighted by molar-refractivity contribution is 5.65. The van der Waals surface area contributed by atoms with Gasteiger partial charge in [-0.25, -0.2) is 13.6 Å². The third-order valence-electron chi connectivity index (χ3n) is 4.60. The van der Waals surface area contributed by atoms with Crippen molar-refractivity contribution in [3.63, 3.8) is 0 Å². The molecule has 4 atom stereocenters. The number of hydrogen-bond acceptors (Lipinski definition) is 4. The summed E-state index contributed by atoms with van der Waals surface area (Å²) in [5.41, 5.74) is 0.268. The second-order valence-electron chi connectivity index (χ2n) is 6.77. The Bertz CT molecular complexity index is 624. The molecule has 0 bridgehead atoms. The average molecular weight is 384 g/mol. The van der Waals surface area contributed by atoms with Gasteiger partial charge in [0.2, 0.25) is 0 Å². The minimum atomic E-state index is -1.31. The van der Waals surface area contributed by atoms with Crippen molar-refractivity contribution in [3.05, 3.63) is 48.1 Å². The number of carboxylic acid groups (broad SMARTS) is 1. The maximum absolute atomic E-state index is 13.4. The van der Waals surface area contributed by atoms with Gasteiger partial charge in [0.05, 0.1) is 24.9 Å². The number of hydrogen-bond donors (Lipinski definition) is 4. The van der Waals surface area contributed by atoms with Gasteiger partial charge in [-0.1, -0.05) is 6.08 Å². The van der Waals surface area contributed by atoms with Crippen LogP contribution >= 0.6 is 0 Å². The number of amides is 1. The molecule has 0 aliphatic heterocycles. The molecule has 2 rings (SSSR count). The van der Waals surface area contributed by atoms with E-state index in [1.165, 1.54) is 0 Å². The highest BCUT2D eigenvalue weighted by atomic mass is 19.1. The summed E-state index contributed by atoms with van der Waals surface area (Å²) >= 11 is 0. The summed E-state index contributed by atoms with van der Waals surface area (Å²) in [7, 11) is 0. The summed E-state index contributed by atoms with van der Waals surface area (Å²) < 4.78 is 32.3. The lowest BCUT2D eigenvalue weighted by molar-refractivity contribution is 0.0767. The average Bonchev–Trinajstić information content (AvgIpc) is 3.04. The number of nitrogens with one attached hydrogen (secondary N) is 2. The predicted molar refractivity (Wildman–Crippen MR) is 96.6 cm³/mol. The molecule has 27 heavy (non-hydrogen) atoms. The molecule has 0 heterocycles. The molecule has 8 heteroatoms. The fourth-order valence-electron chi connectivity index (χ4n) is 3.34. The van der Waals surface area contributed by atoms with Crippen molar-refractivity contribution in [1.29, 1.82) is 0 Å². The van der Waals surface area contributed by atoms with E-state index in [-0.39, 0.29) is 30.7 Å². The molecule has 6 nitrogen and oxygen atoms in total. The highest BCUT2D eigenvalue weighted by Gasteiger charge is 2.27. The maximum atomic E-state index is 13.4. The molecule has 1 aliphatic carbocycles. The number of aliphatic hydroxyl groups is 1. The van der Waals surface area contributed by atoms with E-state index in [2.05, 4.69) is 17.2 Å². The molecule has 4 N–H and O–H groups in total. The van der Waals surface area contributed by atoms with Crippen LogP contribution in [0.15, 0.2) is 30.9 Å². The summed E-state index contributed by atoms with van der Waals surface area (Å²) in [5, 5.41) is 24.8. The molecule has 0 aromatic heterocycles. The number of rotatable bonds is 10. The van der Waals surface area contributed by atoms with Gasteiger partial charge < -0.3 is 25.6 Å². The first kappa shape index (κ1) is 21.3. The van der Waals surface area contributed by atoms with E-state index in [9.17, 15) is 18.7 Å². The van der Waals surface area contributed by atoms with Gasteiger partial charge in [0.1, 0.15) is 11.6 Å². The molecule has 0 spiro atoms. The zero-order valence-corrected chi connectivity index (χ0v) is 15.0. The topological polar surface area (TPSA) is 90.8 Å². The Morgan fingerprint density at radius 2 is 2.04 bits per heavy atom. The van der Waals surface area contributed by atoms with Crippen molar-refractivity contribution in [1.82, 2.24) is 10.6 Å². The molecule has 1 fully saturated rings. The first-order chi connectivity index (χ1) is 12.9. The van der Waals surface area contributed by atoms with Crippen molar-refractivity contribution in [2.75, 3.05) is 13.2 Å². The lowest BCUT2D eigenvalue weighted by Crippen LogP contribution is -2.49. The zero-order valence-electron chi connectivity index (χ0n) is 15.0. The van der Waals surface area contributed by atoms with Crippen LogP contribution in [0.5, 0.6) is 0 Å². The van der Waals surface area contributed by atoms with Gasteiger partial charge in [0.15, 0.2) is 0 Å². The van der Waals surface area contributed by atoms with E-state index in [0.717, 1.165) is 37.5 Å². The van der Waals surface area contributed by atoms with E-state index in [0.29, 0.717) is 6.61 Å². The summed E-state index contributed by atoms with van der Waals surface area (Å²) in [6.07, 6.45) is 2.03. The Balaban J connectivity index is 1.89. The number of ether oxygens (including phenoxy) is 1. The summed E-state index contributed by atoms with van der Waals surface area (Å²) in [4.78, 5) is 11.0. The van der Waals surface area contributed by atoms with Crippen molar-refractivity contribution >= 4 is 6.09 Å². The van der Waals surface area contributed by atoms with E-state index >= 15 is 0 Å². The van der Waals surface area contributed by atoms with Crippen molar-refractivity contribution in [2.24, 2.45) is 0 Å². The monoisotopic (exact) mass is 384 g/mol. The second-order valence-corrected chi connectivity index (χ2v) is 6.77. The number of benzene rings is 1. The molecule has 1 saturated carbocycles. The Morgan fingerprint density at radius 3 is 2.67 bits per heavy atom. The van der Waals surface area contributed by atoms with Crippen molar-refractivity contribution in [3.8, 4) is 0 Å². The Morgan fingerprint density at radius 1 is 1.33 bits per heavy atom. The van der Waals surface area contributed by atoms with Crippen LogP contribution in [0.1, 0.15) is 24.8 Å². The smallest absolute Gasteiger partial charge is 0.404 e. The molecule has 1 amide bonds. The fourth-order valence-corrected chi connectivity index (χ4v) is 3.34. The van der Waals surface area contributed by atoms with Gasteiger partial charge in [0.25, 0.3) is 0 Å². The molecule has 0 saturated heterocycles. The largest absolute Gasteiger partial charge is 0.465 e. The van der Waals surface area contributed by atoms with Gasteiger partial charge in [0, 0.05) is 18.7 Å². The van der Waals surface area contributed by atoms with E-state index in [1.807, 2.05) is 0 Å². The highest BCUT2D eigenvalue weighted by Crippen LogP contribution is 2.22. The Hall–Kier alpha value is -2.03. The molecule has 0 unspecified atom stereocenters. The first-order valence-electron chi connectivity index (χ1n) is 8.95. The normalized spacial score (nSPS) is 21.6. The molecular weight excluding hydrogens is 358 g/mol. The predicted octanol–water partition coefficient (Wildman–Crippen LogP) is 2.22. The minimum Gasteiger partial charge on any atom is -0.465 e. The van der Waals surface area contributed by atoms with E-state index in [1.54, 1.807) is 6.08 Å². The van der Waals surface area contributed by atoms with Crippen LogP contribution in [-0.2, 0) is 11.2 Å². The van der Waals surface area contributed by atoms with Crippen LogP contribution in [0.3, 0.4) is 0 Å². The number of halogens is 2. The lowest BCUT2D eigenvalue weighted by atomic mass is 10.0. The van der Waals surface area contributed by atoms with Crippen LogP contribution in [0.2, 0.25) is 0 Å². The van der Waals surface area contributed by atoms with E-state index in [4.69, 9.17) is 9.84 Å². The van der Waals surface area contributed by atoms with Crippen molar-refractivity contribution in [2.45, 2.75) is 50.0 Å². The third-order valence-corrected chi connectivity index (χ3v) is 4.60. The van der Waals surface area contributed by atoms with Gasteiger partial charge in [-0.2, -0.15) is 0 Å². The maximum Gasteiger partial charge on any atom is 0.404 e. The zero-order chi connectivity index (χ0) is 19.8. The minimum absolute atomic E-state index is 0.0282. The van der Waals surface area contributed by atoms with Gasteiger partial charge in [-0.15, -0.1) is 6.58 Å². The van der Waals surface area contributed by atoms with Crippen LogP contribution in [-0.4, -0.2) is 53.7 Å². The molecule has 0 radical (unpaired) electrons. The fraction of sp³-hybridized carbons (Fsp3) is 0.526. The lowest BCUT2D eigenvalue weighted by Gasteiger charge is -2.25. The molecule has 1 aromatic rings.